The minimum Gasteiger partial charge on any atom is -0.492 e. The first-order valence-corrected chi connectivity index (χ1v) is 14.4. The van der Waals surface area contributed by atoms with Gasteiger partial charge < -0.3 is 24.2 Å². The van der Waals surface area contributed by atoms with Crippen LogP contribution < -0.4 is 9.47 Å². The second-order valence-electron chi connectivity index (χ2n) is 11.2. The van der Waals surface area contributed by atoms with E-state index in [1.54, 1.807) is 0 Å². The van der Waals surface area contributed by atoms with E-state index in [1.807, 2.05) is 62.6 Å². The Morgan fingerprint density at radius 1 is 0.872 bits per heavy atom. The van der Waals surface area contributed by atoms with Gasteiger partial charge in [0, 0.05) is 18.9 Å². The van der Waals surface area contributed by atoms with Crippen LogP contribution in [0.15, 0.2) is 72.8 Å². The normalized spacial score (nSPS) is 18.1. The van der Waals surface area contributed by atoms with Crippen molar-refractivity contribution in [3.8, 4) is 11.5 Å². The molecule has 0 amide bonds. The Kier molecular flexibility index (Phi) is 10.1. The topological polar surface area (TPSA) is 51.2 Å². The van der Waals surface area contributed by atoms with E-state index in [1.165, 1.54) is 5.56 Å². The zero-order chi connectivity index (χ0) is 27.8. The first kappa shape index (κ1) is 29.1. The van der Waals surface area contributed by atoms with Gasteiger partial charge in [-0.3, -0.25) is 0 Å². The summed E-state index contributed by atoms with van der Waals surface area (Å²) in [6.07, 6.45) is 3.67. The Bertz CT molecular complexity index is 1140. The number of hydrogen-bond donors (Lipinski definition) is 1. The monoisotopic (exact) mass is 531 g/mol. The molecule has 4 rings (SSSR count). The van der Waals surface area contributed by atoms with Crippen molar-refractivity contribution in [2.75, 3.05) is 33.9 Å². The second-order valence-corrected chi connectivity index (χ2v) is 11.2. The molecule has 0 aromatic heterocycles. The van der Waals surface area contributed by atoms with Crippen LogP contribution in [0.2, 0.25) is 0 Å². The highest BCUT2D eigenvalue weighted by atomic mass is 16.7. The van der Waals surface area contributed by atoms with Gasteiger partial charge in [0.1, 0.15) is 23.7 Å². The molecule has 0 radical (unpaired) electrons. The molecule has 1 fully saturated rings. The molecule has 1 aliphatic heterocycles. The summed E-state index contributed by atoms with van der Waals surface area (Å²) in [7, 11) is 4.06. The number of rotatable bonds is 12. The van der Waals surface area contributed by atoms with E-state index in [0.29, 0.717) is 12.5 Å². The maximum Gasteiger partial charge on any atom is 0.199 e. The predicted molar refractivity (Wildman–Crippen MR) is 158 cm³/mol. The third-order valence-electron chi connectivity index (χ3n) is 7.72. The van der Waals surface area contributed by atoms with E-state index in [4.69, 9.17) is 14.2 Å². The van der Waals surface area contributed by atoms with Crippen LogP contribution in [-0.4, -0.2) is 50.2 Å². The quantitative estimate of drug-likeness (QED) is 0.271. The van der Waals surface area contributed by atoms with Crippen LogP contribution in [0.1, 0.15) is 80.5 Å². The van der Waals surface area contributed by atoms with Crippen molar-refractivity contribution < 1.29 is 19.3 Å². The van der Waals surface area contributed by atoms with Crippen LogP contribution >= 0.6 is 0 Å². The third kappa shape index (κ3) is 7.21. The standard InChI is InChI=1S/C34H45NO4/c1-6-32(27-12-10-26(11-13-27)25(2)3)34(36,28-14-18-30(19-15-28)37-24-22-35(4)5)29-16-20-31(21-17-29)39-33-9-7-8-23-38-33/h10-21,25,32-33,36H,6-9,22-24H2,1-5H3. The van der Waals surface area contributed by atoms with E-state index >= 15 is 0 Å². The van der Waals surface area contributed by atoms with Gasteiger partial charge in [-0.05, 0) is 85.8 Å². The fraction of sp³-hybridized carbons (Fsp3) is 0.471. The molecule has 0 aliphatic carbocycles. The molecule has 210 valence electrons. The lowest BCUT2D eigenvalue weighted by Crippen LogP contribution is -2.35. The lowest BCUT2D eigenvalue weighted by atomic mass is 9.71. The summed E-state index contributed by atoms with van der Waals surface area (Å²) < 4.78 is 17.8. The van der Waals surface area contributed by atoms with Crippen molar-refractivity contribution in [1.29, 1.82) is 0 Å². The SMILES string of the molecule is CCC(c1ccc(C(C)C)cc1)C(O)(c1ccc(OCCN(C)C)cc1)c1ccc(OC2CCCCO2)cc1. The Balaban J connectivity index is 1.67. The molecule has 3 aromatic carbocycles. The fourth-order valence-corrected chi connectivity index (χ4v) is 5.35. The van der Waals surface area contributed by atoms with E-state index in [0.717, 1.165) is 67.0 Å². The summed E-state index contributed by atoms with van der Waals surface area (Å²) in [5, 5.41) is 12.7. The minimum absolute atomic E-state index is 0.146. The number of hydrogen-bond acceptors (Lipinski definition) is 5. The summed E-state index contributed by atoms with van der Waals surface area (Å²) in [4.78, 5) is 2.09. The molecule has 39 heavy (non-hydrogen) atoms. The van der Waals surface area contributed by atoms with Gasteiger partial charge in [0.25, 0.3) is 0 Å². The summed E-state index contributed by atoms with van der Waals surface area (Å²) in [6.45, 7) is 8.74. The van der Waals surface area contributed by atoms with Crippen molar-refractivity contribution in [3.05, 3.63) is 95.1 Å². The average Bonchev–Trinajstić information content (AvgIpc) is 2.95. The Hall–Kier alpha value is -2.86. The van der Waals surface area contributed by atoms with Gasteiger partial charge in [0.05, 0.1) is 6.61 Å². The molecule has 0 bridgehead atoms. The van der Waals surface area contributed by atoms with Crippen molar-refractivity contribution in [2.45, 2.75) is 70.2 Å². The zero-order valence-corrected chi connectivity index (χ0v) is 24.2. The van der Waals surface area contributed by atoms with E-state index in [-0.39, 0.29) is 12.2 Å². The first-order chi connectivity index (χ1) is 18.8. The summed E-state index contributed by atoms with van der Waals surface area (Å²) in [5.41, 5.74) is 2.84. The number of aliphatic hydroxyl groups is 1. The van der Waals surface area contributed by atoms with Gasteiger partial charge >= 0.3 is 0 Å². The van der Waals surface area contributed by atoms with E-state index in [2.05, 4.69) is 49.9 Å². The van der Waals surface area contributed by atoms with Crippen molar-refractivity contribution >= 4 is 0 Å². The molecule has 3 aromatic rings. The molecule has 1 heterocycles. The van der Waals surface area contributed by atoms with Crippen LogP contribution in [0.4, 0.5) is 0 Å². The number of ether oxygens (including phenoxy) is 3. The Morgan fingerprint density at radius 3 is 1.97 bits per heavy atom. The molecule has 1 aliphatic rings. The molecule has 3 unspecified atom stereocenters. The smallest absolute Gasteiger partial charge is 0.199 e. The molecular formula is C34H45NO4. The van der Waals surface area contributed by atoms with Gasteiger partial charge in [-0.2, -0.15) is 0 Å². The lowest BCUT2D eigenvalue weighted by Gasteiger charge is -2.38. The molecule has 3 atom stereocenters. The van der Waals surface area contributed by atoms with Gasteiger partial charge in [0.15, 0.2) is 6.29 Å². The molecule has 5 heteroatoms. The van der Waals surface area contributed by atoms with Crippen molar-refractivity contribution in [3.63, 3.8) is 0 Å². The summed E-state index contributed by atoms with van der Waals surface area (Å²) in [6, 6.07) is 24.5. The molecule has 5 nitrogen and oxygen atoms in total. The molecular weight excluding hydrogens is 486 g/mol. The minimum atomic E-state index is -1.24. The maximum atomic E-state index is 12.7. The van der Waals surface area contributed by atoms with E-state index in [9.17, 15) is 5.11 Å². The van der Waals surface area contributed by atoms with Crippen LogP contribution in [0.5, 0.6) is 11.5 Å². The number of benzene rings is 3. The zero-order valence-electron chi connectivity index (χ0n) is 24.2. The molecule has 0 spiro atoms. The molecule has 0 saturated carbocycles. The van der Waals surface area contributed by atoms with Crippen LogP contribution in [0.25, 0.3) is 0 Å². The van der Waals surface area contributed by atoms with Crippen LogP contribution in [0, 0.1) is 0 Å². The molecule has 1 N–H and O–H groups in total. The lowest BCUT2D eigenvalue weighted by molar-refractivity contribution is -0.105. The number of likely N-dealkylation sites (N-methyl/N-ethyl adjacent to an activating group) is 1. The largest absolute Gasteiger partial charge is 0.492 e. The fourth-order valence-electron chi connectivity index (χ4n) is 5.35. The summed E-state index contributed by atoms with van der Waals surface area (Å²) in [5.74, 6) is 1.87. The van der Waals surface area contributed by atoms with Crippen molar-refractivity contribution in [2.24, 2.45) is 0 Å². The highest BCUT2D eigenvalue weighted by molar-refractivity contribution is 5.45. The summed E-state index contributed by atoms with van der Waals surface area (Å²) >= 11 is 0. The third-order valence-corrected chi connectivity index (χ3v) is 7.72. The Morgan fingerprint density at radius 2 is 1.46 bits per heavy atom. The maximum absolute atomic E-state index is 12.7. The van der Waals surface area contributed by atoms with E-state index < -0.39 is 5.60 Å². The average molecular weight is 532 g/mol. The van der Waals surface area contributed by atoms with Gasteiger partial charge in [-0.1, -0.05) is 69.3 Å². The van der Waals surface area contributed by atoms with Crippen molar-refractivity contribution in [1.82, 2.24) is 4.90 Å². The van der Waals surface area contributed by atoms with Gasteiger partial charge in [-0.25, -0.2) is 0 Å². The molecule has 1 saturated heterocycles. The van der Waals surface area contributed by atoms with Crippen LogP contribution in [-0.2, 0) is 10.3 Å². The number of nitrogens with zero attached hydrogens (tertiary/aromatic N) is 1. The van der Waals surface area contributed by atoms with Gasteiger partial charge in [0.2, 0.25) is 0 Å². The Labute approximate surface area is 234 Å². The van der Waals surface area contributed by atoms with Crippen LogP contribution in [0.3, 0.4) is 0 Å². The highest BCUT2D eigenvalue weighted by Crippen LogP contribution is 2.45. The predicted octanol–water partition coefficient (Wildman–Crippen LogP) is 7.09. The second kappa shape index (κ2) is 13.5. The first-order valence-electron chi connectivity index (χ1n) is 14.4. The van der Waals surface area contributed by atoms with Gasteiger partial charge in [-0.15, -0.1) is 0 Å². The highest BCUT2D eigenvalue weighted by Gasteiger charge is 2.40.